The van der Waals surface area contributed by atoms with Crippen LogP contribution >= 0.6 is 11.6 Å². The molecule has 0 saturated carbocycles. The first-order chi connectivity index (χ1) is 9.65. The number of aromatic hydroxyl groups is 1. The van der Waals surface area contributed by atoms with E-state index >= 15 is 0 Å². The van der Waals surface area contributed by atoms with E-state index in [1.165, 1.54) is 0 Å². The zero-order chi connectivity index (χ0) is 14.5. The van der Waals surface area contributed by atoms with Crippen LogP contribution in [0.5, 0.6) is 11.5 Å². The van der Waals surface area contributed by atoms with E-state index < -0.39 is 0 Å². The second kappa shape index (κ2) is 6.53. The van der Waals surface area contributed by atoms with Gasteiger partial charge in [-0.3, -0.25) is 0 Å². The van der Waals surface area contributed by atoms with E-state index in [-0.39, 0.29) is 11.8 Å². The molecule has 0 aliphatic rings. The Bertz CT molecular complexity index is 586. The molecule has 0 saturated heterocycles. The molecule has 0 bridgehead atoms. The molecular weight excluding hydrogens is 274 g/mol. The summed E-state index contributed by atoms with van der Waals surface area (Å²) in [5.41, 5.74) is 1.67. The van der Waals surface area contributed by atoms with Crippen LogP contribution in [0.4, 0.5) is 5.69 Å². The molecular formula is C16H18ClNO2. The number of hydrogen-bond donors (Lipinski definition) is 2. The molecule has 2 aromatic rings. The molecule has 106 valence electrons. The van der Waals surface area contributed by atoms with Gasteiger partial charge in [0.2, 0.25) is 0 Å². The number of hydrogen-bond acceptors (Lipinski definition) is 3. The number of ether oxygens (including phenoxy) is 1. The summed E-state index contributed by atoms with van der Waals surface area (Å²) in [6.45, 7) is 2.06. The van der Waals surface area contributed by atoms with Gasteiger partial charge in [-0.2, -0.15) is 0 Å². The van der Waals surface area contributed by atoms with Crippen molar-refractivity contribution in [1.82, 2.24) is 0 Å². The maximum atomic E-state index is 9.97. The van der Waals surface area contributed by atoms with E-state index in [9.17, 15) is 5.11 Å². The molecule has 20 heavy (non-hydrogen) atoms. The first-order valence-corrected chi connectivity index (χ1v) is 6.91. The summed E-state index contributed by atoms with van der Waals surface area (Å²) < 4.78 is 5.33. The van der Waals surface area contributed by atoms with E-state index in [2.05, 4.69) is 12.2 Å². The number of para-hydroxylation sites is 1. The van der Waals surface area contributed by atoms with Crippen LogP contribution in [0, 0.1) is 0 Å². The zero-order valence-electron chi connectivity index (χ0n) is 11.6. The molecule has 3 nitrogen and oxygen atoms in total. The van der Waals surface area contributed by atoms with E-state index in [0.717, 1.165) is 23.4 Å². The van der Waals surface area contributed by atoms with Gasteiger partial charge in [-0.05, 0) is 30.7 Å². The van der Waals surface area contributed by atoms with Gasteiger partial charge in [-0.1, -0.05) is 36.7 Å². The van der Waals surface area contributed by atoms with Crippen molar-refractivity contribution in [3.63, 3.8) is 0 Å². The van der Waals surface area contributed by atoms with Crippen molar-refractivity contribution in [3.05, 3.63) is 53.1 Å². The van der Waals surface area contributed by atoms with Crippen LogP contribution < -0.4 is 10.1 Å². The average Bonchev–Trinajstić information content (AvgIpc) is 2.46. The maximum absolute atomic E-state index is 9.97. The summed E-state index contributed by atoms with van der Waals surface area (Å²) in [5, 5.41) is 14.0. The van der Waals surface area contributed by atoms with Gasteiger partial charge in [-0.25, -0.2) is 0 Å². The van der Waals surface area contributed by atoms with Crippen molar-refractivity contribution in [2.75, 3.05) is 12.4 Å². The van der Waals surface area contributed by atoms with Gasteiger partial charge in [0.15, 0.2) is 0 Å². The molecule has 0 aliphatic heterocycles. The molecule has 0 amide bonds. The lowest BCUT2D eigenvalue weighted by molar-refractivity contribution is 0.415. The van der Waals surface area contributed by atoms with Crippen molar-refractivity contribution in [2.24, 2.45) is 0 Å². The Morgan fingerprint density at radius 3 is 2.65 bits per heavy atom. The molecule has 2 N–H and O–H groups in total. The summed E-state index contributed by atoms with van der Waals surface area (Å²) in [5.74, 6) is 1.01. The number of benzene rings is 2. The quantitative estimate of drug-likeness (QED) is 0.845. The fourth-order valence-electron chi connectivity index (χ4n) is 2.16. The minimum Gasteiger partial charge on any atom is -0.508 e. The summed E-state index contributed by atoms with van der Waals surface area (Å²) in [4.78, 5) is 0. The van der Waals surface area contributed by atoms with Gasteiger partial charge in [0.05, 0.1) is 18.8 Å². The van der Waals surface area contributed by atoms with Crippen LogP contribution in [-0.2, 0) is 0 Å². The monoisotopic (exact) mass is 291 g/mol. The predicted molar refractivity (Wildman–Crippen MR) is 82.8 cm³/mol. The van der Waals surface area contributed by atoms with Crippen LogP contribution in [0.3, 0.4) is 0 Å². The topological polar surface area (TPSA) is 41.5 Å². The summed E-state index contributed by atoms with van der Waals surface area (Å²) in [6, 6.07) is 12.7. The second-order valence-electron chi connectivity index (χ2n) is 4.51. The molecule has 0 aromatic heterocycles. The van der Waals surface area contributed by atoms with Crippen molar-refractivity contribution < 1.29 is 9.84 Å². The maximum Gasteiger partial charge on any atom is 0.142 e. The van der Waals surface area contributed by atoms with Crippen LogP contribution in [0.25, 0.3) is 0 Å². The van der Waals surface area contributed by atoms with Crippen LogP contribution in [0.2, 0.25) is 5.02 Å². The zero-order valence-corrected chi connectivity index (χ0v) is 12.3. The standard InChI is InChI=1S/C16H18ClNO2/c1-3-13(12-6-4-5-7-15(12)19)18-14-10-11(17)8-9-16(14)20-2/h4-10,13,18-19H,3H2,1-2H3. The van der Waals surface area contributed by atoms with Gasteiger partial charge in [0, 0.05) is 10.6 Å². The van der Waals surface area contributed by atoms with E-state index in [1.54, 1.807) is 19.2 Å². The lowest BCUT2D eigenvalue weighted by Gasteiger charge is -2.21. The highest BCUT2D eigenvalue weighted by Crippen LogP contribution is 2.34. The number of phenolic OH excluding ortho intramolecular Hbond substituents is 1. The van der Waals surface area contributed by atoms with E-state index in [1.807, 2.05) is 30.3 Å². The molecule has 0 fully saturated rings. The number of nitrogens with one attached hydrogen (secondary N) is 1. The highest BCUT2D eigenvalue weighted by atomic mass is 35.5. The number of methoxy groups -OCH3 is 1. The number of rotatable bonds is 5. The lowest BCUT2D eigenvalue weighted by atomic mass is 10.0. The Morgan fingerprint density at radius 2 is 2.00 bits per heavy atom. The first kappa shape index (κ1) is 14.5. The molecule has 1 unspecified atom stereocenters. The van der Waals surface area contributed by atoms with Crippen LogP contribution in [0.1, 0.15) is 24.9 Å². The van der Waals surface area contributed by atoms with Crippen molar-refractivity contribution >= 4 is 17.3 Å². The SMILES string of the molecule is CCC(Nc1cc(Cl)ccc1OC)c1ccccc1O. The lowest BCUT2D eigenvalue weighted by Crippen LogP contribution is -2.10. The van der Waals surface area contributed by atoms with Crippen LogP contribution in [0.15, 0.2) is 42.5 Å². The second-order valence-corrected chi connectivity index (χ2v) is 4.95. The third-order valence-electron chi connectivity index (χ3n) is 3.21. The van der Waals surface area contributed by atoms with Gasteiger partial charge >= 0.3 is 0 Å². The number of phenols is 1. The van der Waals surface area contributed by atoms with Gasteiger partial charge < -0.3 is 15.2 Å². The highest BCUT2D eigenvalue weighted by molar-refractivity contribution is 6.30. The van der Waals surface area contributed by atoms with Gasteiger partial charge in [-0.15, -0.1) is 0 Å². The Balaban J connectivity index is 2.31. The molecule has 2 rings (SSSR count). The molecule has 0 aliphatic carbocycles. The molecule has 1 atom stereocenters. The summed E-state index contributed by atoms with van der Waals surface area (Å²) in [7, 11) is 1.62. The highest BCUT2D eigenvalue weighted by Gasteiger charge is 2.15. The predicted octanol–water partition coefficient (Wildman–Crippen LogP) is 4.62. The van der Waals surface area contributed by atoms with Crippen molar-refractivity contribution in [2.45, 2.75) is 19.4 Å². The Labute approximate surface area is 124 Å². The largest absolute Gasteiger partial charge is 0.508 e. The third kappa shape index (κ3) is 3.17. The molecule has 4 heteroatoms. The van der Waals surface area contributed by atoms with E-state index in [4.69, 9.17) is 16.3 Å². The Morgan fingerprint density at radius 1 is 1.25 bits per heavy atom. The van der Waals surface area contributed by atoms with Gasteiger partial charge in [0.25, 0.3) is 0 Å². The third-order valence-corrected chi connectivity index (χ3v) is 3.45. The first-order valence-electron chi connectivity index (χ1n) is 6.53. The van der Waals surface area contributed by atoms with Crippen molar-refractivity contribution in [1.29, 1.82) is 0 Å². The minimum absolute atomic E-state index is 0.0106. The average molecular weight is 292 g/mol. The van der Waals surface area contributed by atoms with Gasteiger partial charge in [0.1, 0.15) is 11.5 Å². The fraction of sp³-hybridized carbons (Fsp3) is 0.250. The molecule has 0 spiro atoms. The molecule has 0 radical (unpaired) electrons. The normalized spacial score (nSPS) is 11.9. The summed E-state index contributed by atoms with van der Waals surface area (Å²) >= 11 is 6.03. The van der Waals surface area contributed by atoms with E-state index in [0.29, 0.717) is 5.02 Å². The Hall–Kier alpha value is -1.87. The minimum atomic E-state index is -0.0106. The van der Waals surface area contributed by atoms with Crippen LogP contribution in [-0.4, -0.2) is 12.2 Å². The fourth-order valence-corrected chi connectivity index (χ4v) is 2.33. The summed E-state index contributed by atoms with van der Waals surface area (Å²) in [6.07, 6.45) is 0.827. The van der Waals surface area contributed by atoms with Crippen molar-refractivity contribution in [3.8, 4) is 11.5 Å². The molecule has 0 heterocycles. The Kier molecular flexibility index (Phi) is 4.74. The number of halogens is 1. The molecule has 2 aromatic carbocycles. The smallest absolute Gasteiger partial charge is 0.142 e. The number of anilines is 1.